The summed E-state index contributed by atoms with van der Waals surface area (Å²) < 4.78 is 5.18. The molecule has 2 N–H and O–H groups in total. The topological polar surface area (TPSA) is 62.3 Å². The number of nitrogens with zero attached hydrogens (tertiary/aromatic N) is 2. The van der Waals surface area contributed by atoms with Crippen molar-refractivity contribution in [1.29, 1.82) is 5.26 Å². The molecule has 0 saturated carbocycles. The van der Waals surface area contributed by atoms with Gasteiger partial charge in [0.05, 0.1) is 41.6 Å². The fraction of sp³-hybridized carbons (Fsp3) is 0.462. The first-order chi connectivity index (χ1) is 8.69. The summed E-state index contributed by atoms with van der Waals surface area (Å²) in [6.45, 7) is 3.62. The third-order valence-corrected chi connectivity index (χ3v) is 4.18. The number of nitriles is 1. The fourth-order valence-electron chi connectivity index (χ4n) is 2.47. The highest BCUT2D eigenvalue weighted by Crippen LogP contribution is 2.37. The van der Waals surface area contributed by atoms with Crippen LogP contribution in [-0.4, -0.2) is 37.2 Å². The third-order valence-electron chi connectivity index (χ3n) is 3.74. The van der Waals surface area contributed by atoms with Crippen LogP contribution in [0.3, 0.4) is 0 Å². The molecule has 4 nitrogen and oxygen atoms in total. The van der Waals surface area contributed by atoms with Gasteiger partial charge in [-0.15, -0.1) is 0 Å². The molecule has 2 heterocycles. The van der Waals surface area contributed by atoms with Crippen molar-refractivity contribution in [2.75, 3.05) is 32.0 Å². The number of benzene rings is 1. The maximum Gasteiger partial charge on any atom is 0.0992 e. The van der Waals surface area contributed by atoms with E-state index in [4.69, 9.17) is 27.3 Å². The Morgan fingerprint density at radius 1 is 1.39 bits per heavy atom. The van der Waals surface area contributed by atoms with Crippen LogP contribution in [0.15, 0.2) is 12.1 Å². The molecular formula is C13H14ClN3O. The van der Waals surface area contributed by atoms with E-state index in [0.29, 0.717) is 28.2 Å². The average molecular weight is 264 g/mol. The van der Waals surface area contributed by atoms with Crippen LogP contribution in [0.5, 0.6) is 0 Å². The summed E-state index contributed by atoms with van der Waals surface area (Å²) in [5.41, 5.74) is 7.91. The summed E-state index contributed by atoms with van der Waals surface area (Å²) in [7, 11) is 0. The van der Waals surface area contributed by atoms with Gasteiger partial charge >= 0.3 is 0 Å². The Labute approximate surface area is 111 Å². The second-order valence-electron chi connectivity index (χ2n) is 4.92. The van der Waals surface area contributed by atoms with Crippen molar-refractivity contribution < 1.29 is 4.74 Å². The lowest BCUT2D eigenvalue weighted by Crippen LogP contribution is -2.58. The molecule has 5 heteroatoms. The fourth-order valence-corrected chi connectivity index (χ4v) is 2.74. The summed E-state index contributed by atoms with van der Waals surface area (Å²) in [4.78, 5) is 2.39. The van der Waals surface area contributed by atoms with Gasteiger partial charge in [-0.3, -0.25) is 4.90 Å². The molecule has 2 fully saturated rings. The highest BCUT2D eigenvalue weighted by Gasteiger charge is 2.37. The molecule has 1 aromatic carbocycles. The molecule has 3 rings (SSSR count). The summed E-state index contributed by atoms with van der Waals surface area (Å²) >= 11 is 6.23. The molecule has 0 aliphatic carbocycles. The smallest absolute Gasteiger partial charge is 0.0992 e. The van der Waals surface area contributed by atoms with E-state index in [2.05, 4.69) is 11.0 Å². The number of hydrogen-bond donors (Lipinski definition) is 1. The van der Waals surface area contributed by atoms with E-state index < -0.39 is 0 Å². The van der Waals surface area contributed by atoms with Crippen molar-refractivity contribution in [3.8, 4) is 6.07 Å². The van der Waals surface area contributed by atoms with Gasteiger partial charge in [0.2, 0.25) is 0 Å². The first kappa shape index (κ1) is 11.8. The molecule has 0 atom stereocenters. The number of rotatable bonds is 2. The standard InChI is InChI=1S/C13H14ClN3O/c14-13-11(1-8(3-15)2-12(13)16)9-4-17(5-9)10-6-18-7-10/h1-2,9-10H,4-7,16H2. The summed E-state index contributed by atoms with van der Waals surface area (Å²) in [5.74, 6) is 0.383. The zero-order valence-corrected chi connectivity index (χ0v) is 10.7. The van der Waals surface area contributed by atoms with Gasteiger partial charge < -0.3 is 10.5 Å². The van der Waals surface area contributed by atoms with Crippen molar-refractivity contribution in [2.24, 2.45) is 0 Å². The summed E-state index contributed by atoms with van der Waals surface area (Å²) in [6.07, 6.45) is 0. The van der Waals surface area contributed by atoms with Crippen LogP contribution >= 0.6 is 11.6 Å². The van der Waals surface area contributed by atoms with Crippen LogP contribution in [-0.2, 0) is 4.74 Å². The van der Waals surface area contributed by atoms with Gasteiger partial charge in [-0.2, -0.15) is 5.26 Å². The zero-order chi connectivity index (χ0) is 12.7. The summed E-state index contributed by atoms with van der Waals surface area (Å²) in [6, 6.07) is 6.17. The minimum absolute atomic E-state index is 0.383. The number of nitrogens with two attached hydrogens (primary N) is 1. The first-order valence-electron chi connectivity index (χ1n) is 6.00. The quantitative estimate of drug-likeness (QED) is 0.823. The maximum absolute atomic E-state index is 8.96. The van der Waals surface area contributed by atoms with Gasteiger partial charge in [-0.25, -0.2) is 0 Å². The molecule has 2 saturated heterocycles. The van der Waals surface area contributed by atoms with E-state index in [1.807, 2.05) is 6.07 Å². The van der Waals surface area contributed by atoms with Gasteiger partial charge in [0, 0.05) is 19.0 Å². The number of halogens is 1. The minimum atomic E-state index is 0.383. The van der Waals surface area contributed by atoms with Crippen molar-refractivity contribution in [1.82, 2.24) is 4.90 Å². The molecule has 18 heavy (non-hydrogen) atoms. The molecule has 94 valence electrons. The van der Waals surface area contributed by atoms with E-state index >= 15 is 0 Å². The van der Waals surface area contributed by atoms with Crippen LogP contribution in [0.1, 0.15) is 17.0 Å². The number of anilines is 1. The molecule has 0 spiro atoms. The molecule has 2 aliphatic heterocycles. The first-order valence-corrected chi connectivity index (χ1v) is 6.37. The van der Waals surface area contributed by atoms with Crippen molar-refractivity contribution >= 4 is 17.3 Å². The zero-order valence-electron chi connectivity index (χ0n) is 9.90. The van der Waals surface area contributed by atoms with E-state index in [1.165, 1.54) is 0 Å². The Morgan fingerprint density at radius 2 is 2.11 bits per heavy atom. The van der Waals surface area contributed by atoms with Crippen molar-refractivity contribution in [3.63, 3.8) is 0 Å². The predicted molar refractivity (Wildman–Crippen MR) is 69.5 cm³/mol. The Kier molecular flexibility index (Phi) is 2.90. The van der Waals surface area contributed by atoms with Crippen LogP contribution < -0.4 is 5.73 Å². The normalized spacial score (nSPS) is 21.1. The maximum atomic E-state index is 8.96. The number of likely N-dealkylation sites (tertiary alicyclic amines) is 1. The third kappa shape index (κ3) is 1.85. The minimum Gasteiger partial charge on any atom is -0.397 e. The molecule has 0 aromatic heterocycles. The molecular weight excluding hydrogens is 250 g/mol. The van der Waals surface area contributed by atoms with Crippen LogP contribution in [0, 0.1) is 11.3 Å². The van der Waals surface area contributed by atoms with Crippen LogP contribution in [0.2, 0.25) is 5.02 Å². The van der Waals surface area contributed by atoms with Gasteiger partial charge in [-0.05, 0) is 17.7 Å². The van der Waals surface area contributed by atoms with Gasteiger partial charge in [0.1, 0.15) is 0 Å². The second-order valence-corrected chi connectivity index (χ2v) is 5.30. The lowest BCUT2D eigenvalue weighted by Gasteiger charge is -2.47. The molecule has 0 unspecified atom stereocenters. The van der Waals surface area contributed by atoms with Gasteiger partial charge in [0.25, 0.3) is 0 Å². The van der Waals surface area contributed by atoms with Crippen molar-refractivity contribution in [2.45, 2.75) is 12.0 Å². The number of hydrogen-bond acceptors (Lipinski definition) is 4. The molecule has 0 bridgehead atoms. The van der Waals surface area contributed by atoms with E-state index in [9.17, 15) is 0 Å². The second kappa shape index (κ2) is 4.43. The molecule has 0 radical (unpaired) electrons. The van der Waals surface area contributed by atoms with Crippen LogP contribution in [0.25, 0.3) is 0 Å². The highest BCUT2D eigenvalue weighted by atomic mass is 35.5. The van der Waals surface area contributed by atoms with Gasteiger partial charge in [0.15, 0.2) is 0 Å². The number of ether oxygens (including phenoxy) is 1. The van der Waals surface area contributed by atoms with E-state index in [1.54, 1.807) is 6.07 Å². The predicted octanol–water partition coefficient (Wildman–Crippen LogP) is 1.59. The van der Waals surface area contributed by atoms with Gasteiger partial charge in [-0.1, -0.05) is 11.6 Å². The molecule has 0 amide bonds. The lowest BCUT2D eigenvalue weighted by molar-refractivity contribution is -0.0905. The Morgan fingerprint density at radius 3 is 2.67 bits per heavy atom. The Bertz CT molecular complexity index is 516. The summed E-state index contributed by atoms with van der Waals surface area (Å²) in [5, 5.41) is 9.56. The monoisotopic (exact) mass is 263 g/mol. The lowest BCUT2D eigenvalue weighted by atomic mass is 9.88. The van der Waals surface area contributed by atoms with Crippen molar-refractivity contribution in [3.05, 3.63) is 28.3 Å². The SMILES string of the molecule is N#Cc1cc(N)c(Cl)c(C2CN(C3COC3)C2)c1. The highest BCUT2D eigenvalue weighted by molar-refractivity contribution is 6.34. The van der Waals surface area contributed by atoms with Crippen LogP contribution in [0.4, 0.5) is 5.69 Å². The Hall–Kier alpha value is -1.28. The van der Waals surface area contributed by atoms with E-state index in [-0.39, 0.29) is 0 Å². The average Bonchev–Trinajstić information content (AvgIpc) is 2.24. The van der Waals surface area contributed by atoms with E-state index in [0.717, 1.165) is 31.9 Å². The molecule has 1 aromatic rings. The Balaban J connectivity index is 1.77. The molecule has 2 aliphatic rings. The largest absolute Gasteiger partial charge is 0.397 e. The number of nitrogen functional groups attached to an aromatic ring is 1.